The Bertz CT molecular complexity index is 651. The van der Waals surface area contributed by atoms with Crippen LogP contribution in [0.4, 0.5) is 5.69 Å². The van der Waals surface area contributed by atoms with Crippen molar-refractivity contribution in [2.24, 2.45) is 0 Å². The van der Waals surface area contributed by atoms with Gasteiger partial charge in [-0.3, -0.25) is 4.79 Å². The molecule has 2 aromatic rings. The van der Waals surface area contributed by atoms with Crippen LogP contribution in [0.1, 0.15) is 26.5 Å². The predicted molar refractivity (Wildman–Crippen MR) is 75.3 cm³/mol. The van der Waals surface area contributed by atoms with Gasteiger partial charge in [-0.05, 0) is 47.7 Å². The maximum Gasteiger partial charge on any atom is 0.337 e. The zero-order chi connectivity index (χ0) is 14.0. The SMILES string of the molecule is Cc1cnoc1C(=O)Nc1ccc(I)cc1C(=O)O. The van der Waals surface area contributed by atoms with E-state index in [1.54, 1.807) is 13.0 Å². The molecule has 19 heavy (non-hydrogen) atoms. The number of nitrogens with one attached hydrogen (secondary N) is 1. The first-order chi connectivity index (χ1) is 8.99. The molecule has 2 N–H and O–H groups in total. The van der Waals surface area contributed by atoms with E-state index in [1.807, 2.05) is 22.6 Å². The Morgan fingerprint density at radius 1 is 1.42 bits per heavy atom. The van der Waals surface area contributed by atoms with Crippen LogP contribution in [0.5, 0.6) is 0 Å². The first-order valence-electron chi connectivity index (χ1n) is 5.24. The number of aromatic carboxylic acids is 1. The van der Waals surface area contributed by atoms with Crippen molar-refractivity contribution in [3.63, 3.8) is 0 Å². The predicted octanol–water partition coefficient (Wildman–Crippen LogP) is 2.54. The van der Waals surface area contributed by atoms with Crippen LogP contribution in [0.25, 0.3) is 0 Å². The number of halogens is 1. The summed E-state index contributed by atoms with van der Waals surface area (Å²) in [4.78, 5) is 23.0. The second-order valence-electron chi connectivity index (χ2n) is 3.79. The molecule has 0 saturated heterocycles. The van der Waals surface area contributed by atoms with Crippen molar-refractivity contribution in [3.8, 4) is 0 Å². The van der Waals surface area contributed by atoms with Gasteiger partial charge in [-0.15, -0.1) is 0 Å². The fraction of sp³-hybridized carbons (Fsp3) is 0.0833. The van der Waals surface area contributed by atoms with Gasteiger partial charge < -0.3 is 14.9 Å². The molecular formula is C12H9IN2O4. The summed E-state index contributed by atoms with van der Waals surface area (Å²) < 4.78 is 5.58. The van der Waals surface area contributed by atoms with Crippen molar-refractivity contribution < 1.29 is 19.2 Å². The summed E-state index contributed by atoms with van der Waals surface area (Å²) in [5.41, 5.74) is 0.825. The number of anilines is 1. The second kappa shape index (κ2) is 5.39. The standard InChI is InChI=1S/C12H9IN2O4/c1-6-5-14-19-10(6)11(16)15-9-3-2-7(13)4-8(9)12(17)18/h2-5H,1H3,(H,15,16)(H,17,18). The molecule has 1 heterocycles. The highest BCUT2D eigenvalue weighted by atomic mass is 127. The van der Waals surface area contributed by atoms with Crippen LogP contribution in [0, 0.1) is 10.5 Å². The smallest absolute Gasteiger partial charge is 0.337 e. The van der Waals surface area contributed by atoms with Gasteiger partial charge in [-0.1, -0.05) is 5.16 Å². The third-order valence-electron chi connectivity index (χ3n) is 2.41. The van der Waals surface area contributed by atoms with E-state index in [0.29, 0.717) is 5.56 Å². The number of aryl methyl sites for hydroxylation is 1. The number of aromatic nitrogens is 1. The van der Waals surface area contributed by atoms with Crippen molar-refractivity contribution in [2.75, 3.05) is 5.32 Å². The van der Waals surface area contributed by atoms with Crippen molar-refractivity contribution in [1.82, 2.24) is 5.16 Å². The molecule has 0 fully saturated rings. The molecule has 0 atom stereocenters. The average Bonchev–Trinajstić information content (AvgIpc) is 2.77. The number of carboxylic acid groups (broad SMARTS) is 1. The van der Waals surface area contributed by atoms with Crippen LogP contribution in [0.15, 0.2) is 28.9 Å². The van der Waals surface area contributed by atoms with Crippen LogP contribution in [0.2, 0.25) is 0 Å². The van der Waals surface area contributed by atoms with E-state index in [1.165, 1.54) is 18.3 Å². The summed E-state index contributed by atoms with van der Waals surface area (Å²) in [5.74, 6) is -1.57. The Morgan fingerprint density at radius 3 is 2.74 bits per heavy atom. The summed E-state index contributed by atoms with van der Waals surface area (Å²) in [6.45, 7) is 1.68. The number of hydrogen-bond donors (Lipinski definition) is 2. The molecule has 1 amide bonds. The van der Waals surface area contributed by atoms with Gasteiger partial charge in [0.15, 0.2) is 0 Å². The molecule has 0 spiro atoms. The first kappa shape index (κ1) is 13.5. The molecule has 1 aromatic heterocycles. The average molecular weight is 372 g/mol. The lowest BCUT2D eigenvalue weighted by atomic mass is 10.1. The molecule has 98 valence electrons. The van der Waals surface area contributed by atoms with Gasteiger partial charge in [-0.2, -0.15) is 0 Å². The highest BCUT2D eigenvalue weighted by Crippen LogP contribution is 2.20. The van der Waals surface area contributed by atoms with Crippen molar-refractivity contribution >= 4 is 40.2 Å². The highest BCUT2D eigenvalue weighted by molar-refractivity contribution is 14.1. The topological polar surface area (TPSA) is 92.4 Å². The zero-order valence-electron chi connectivity index (χ0n) is 9.81. The number of carbonyl (C=O) groups is 2. The van der Waals surface area contributed by atoms with Crippen molar-refractivity contribution in [2.45, 2.75) is 6.92 Å². The summed E-state index contributed by atoms with van der Waals surface area (Å²) in [7, 11) is 0. The summed E-state index contributed by atoms with van der Waals surface area (Å²) in [6.07, 6.45) is 1.42. The van der Waals surface area contributed by atoms with E-state index < -0.39 is 11.9 Å². The Balaban J connectivity index is 2.32. The molecule has 2 rings (SSSR count). The summed E-state index contributed by atoms with van der Waals surface area (Å²) in [5, 5.41) is 15.1. The number of carboxylic acids is 1. The fourth-order valence-electron chi connectivity index (χ4n) is 1.49. The van der Waals surface area contributed by atoms with Crippen LogP contribution < -0.4 is 5.32 Å². The molecule has 0 unspecified atom stereocenters. The van der Waals surface area contributed by atoms with Gasteiger partial charge in [0.1, 0.15) is 0 Å². The number of rotatable bonds is 3. The minimum absolute atomic E-state index is 0.0254. The third kappa shape index (κ3) is 2.92. The van der Waals surface area contributed by atoms with E-state index in [9.17, 15) is 9.59 Å². The number of amides is 1. The van der Waals surface area contributed by atoms with Gasteiger partial charge in [0.2, 0.25) is 5.76 Å². The third-order valence-corrected chi connectivity index (χ3v) is 3.09. The number of benzene rings is 1. The van der Waals surface area contributed by atoms with Gasteiger partial charge in [-0.25, -0.2) is 4.79 Å². The highest BCUT2D eigenvalue weighted by Gasteiger charge is 2.18. The maximum absolute atomic E-state index is 11.9. The van der Waals surface area contributed by atoms with Crippen LogP contribution in [-0.4, -0.2) is 22.1 Å². The molecule has 0 radical (unpaired) electrons. The number of carbonyl (C=O) groups excluding carboxylic acids is 1. The van der Waals surface area contributed by atoms with Gasteiger partial charge in [0.25, 0.3) is 5.91 Å². The van der Waals surface area contributed by atoms with E-state index in [0.717, 1.165) is 3.57 Å². The molecule has 0 aliphatic heterocycles. The summed E-state index contributed by atoms with van der Waals surface area (Å²) >= 11 is 2.00. The van der Waals surface area contributed by atoms with Crippen molar-refractivity contribution in [1.29, 1.82) is 0 Å². The minimum Gasteiger partial charge on any atom is -0.478 e. The lowest BCUT2D eigenvalue weighted by Crippen LogP contribution is -2.15. The van der Waals surface area contributed by atoms with E-state index in [-0.39, 0.29) is 17.0 Å². The molecule has 0 bridgehead atoms. The second-order valence-corrected chi connectivity index (χ2v) is 5.03. The largest absolute Gasteiger partial charge is 0.478 e. The molecule has 0 aliphatic rings. The van der Waals surface area contributed by atoms with Gasteiger partial charge in [0, 0.05) is 9.13 Å². The van der Waals surface area contributed by atoms with Crippen molar-refractivity contribution in [3.05, 3.63) is 44.9 Å². The fourth-order valence-corrected chi connectivity index (χ4v) is 1.98. The Hall–Kier alpha value is -1.90. The number of hydrogen-bond acceptors (Lipinski definition) is 4. The minimum atomic E-state index is -1.11. The molecule has 1 aromatic carbocycles. The number of nitrogens with zero attached hydrogens (tertiary/aromatic N) is 1. The zero-order valence-corrected chi connectivity index (χ0v) is 12.0. The lowest BCUT2D eigenvalue weighted by molar-refractivity contribution is 0.0698. The van der Waals surface area contributed by atoms with Crippen LogP contribution >= 0.6 is 22.6 Å². The Kier molecular flexibility index (Phi) is 3.84. The molecule has 6 nitrogen and oxygen atoms in total. The summed E-state index contributed by atoms with van der Waals surface area (Å²) in [6, 6.07) is 4.72. The monoisotopic (exact) mass is 372 g/mol. The Morgan fingerprint density at radius 2 is 2.16 bits per heavy atom. The van der Waals surface area contributed by atoms with Crippen LogP contribution in [0.3, 0.4) is 0 Å². The van der Waals surface area contributed by atoms with E-state index in [2.05, 4.69) is 10.5 Å². The van der Waals surface area contributed by atoms with E-state index in [4.69, 9.17) is 9.63 Å². The van der Waals surface area contributed by atoms with E-state index >= 15 is 0 Å². The van der Waals surface area contributed by atoms with Gasteiger partial charge in [0.05, 0.1) is 17.4 Å². The molecule has 7 heteroatoms. The molecular weight excluding hydrogens is 363 g/mol. The molecule has 0 aliphatic carbocycles. The first-order valence-corrected chi connectivity index (χ1v) is 6.32. The lowest BCUT2D eigenvalue weighted by Gasteiger charge is -2.07. The Labute approximate surface area is 121 Å². The normalized spacial score (nSPS) is 10.2. The molecule has 0 saturated carbocycles. The van der Waals surface area contributed by atoms with Crippen LogP contribution in [-0.2, 0) is 0 Å². The van der Waals surface area contributed by atoms with Gasteiger partial charge >= 0.3 is 5.97 Å². The quantitative estimate of drug-likeness (QED) is 0.808. The maximum atomic E-state index is 11.9.